The third-order valence-electron chi connectivity index (χ3n) is 2.69. The zero-order valence-corrected chi connectivity index (χ0v) is 9.93. The molecule has 2 aromatic rings. The number of aliphatic hydroxyl groups is 1. The molecule has 0 aromatic heterocycles. The molecule has 2 rings (SSSR count). The number of rotatable bonds is 4. The van der Waals surface area contributed by atoms with Crippen LogP contribution in [0.5, 0.6) is 0 Å². The molecular weight excluding hydrogens is 210 g/mol. The van der Waals surface area contributed by atoms with Gasteiger partial charge in [-0.2, -0.15) is 0 Å². The minimum atomic E-state index is 0.0554. The fourth-order valence-electron chi connectivity index (χ4n) is 1.79. The molecule has 0 unspecified atom stereocenters. The fourth-order valence-corrected chi connectivity index (χ4v) is 1.79. The summed E-state index contributed by atoms with van der Waals surface area (Å²) in [5.74, 6) is 0. The van der Waals surface area contributed by atoms with Gasteiger partial charge in [-0.25, -0.2) is 0 Å². The van der Waals surface area contributed by atoms with Gasteiger partial charge in [-0.15, -0.1) is 0 Å². The second kappa shape index (κ2) is 5.51. The number of aliphatic hydroxyl groups excluding tert-OH is 1. The molecule has 0 saturated heterocycles. The van der Waals surface area contributed by atoms with E-state index in [4.69, 9.17) is 5.11 Å². The molecule has 2 heteroatoms. The minimum absolute atomic E-state index is 0.0554. The number of anilines is 1. The number of benzene rings is 2. The van der Waals surface area contributed by atoms with Gasteiger partial charge in [0.15, 0.2) is 0 Å². The summed E-state index contributed by atoms with van der Waals surface area (Å²) in [4.78, 5) is 0. The van der Waals surface area contributed by atoms with Gasteiger partial charge in [-0.05, 0) is 18.6 Å². The standard InChI is InChI=1S/C15H17NO/c1-12(11-17)16-15-10-6-5-9-14(15)13-7-3-2-4-8-13/h2-10,12,16-17H,11H2,1H3/t12-/m0/s1. The molecule has 2 aromatic carbocycles. The predicted octanol–water partition coefficient (Wildman–Crippen LogP) is 3.15. The lowest BCUT2D eigenvalue weighted by atomic mass is 10.0. The van der Waals surface area contributed by atoms with E-state index in [2.05, 4.69) is 23.5 Å². The van der Waals surface area contributed by atoms with Gasteiger partial charge in [0.1, 0.15) is 0 Å². The third kappa shape index (κ3) is 2.86. The number of nitrogens with one attached hydrogen (secondary N) is 1. The molecule has 0 aliphatic rings. The highest BCUT2D eigenvalue weighted by molar-refractivity contribution is 5.77. The van der Waals surface area contributed by atoms with Gasteiger partial charge in [0.25, 0.3) is 0 Å². The van der Waals surface area contributed by atoms with Crippen molar-refractivity contribution in [3.8, 4) is 11.1 Å². The number of para-hydroxylation sites is 1. The Labute approximate surface area is 102 Å². The molecule has 0 bridgehead atoms. The van der Waals surface area contributed by atoms with Gasteiger partial charge < -0.3 is 10.4 Å². The highest BCUT2D eigenvalue weighted by atomic mass is 16.3. The van der Waals surface area contributed by atoms with Crippen LogP contribution in [0.15, 0.2) is 54.6 Å². The summed E-state index contributed by atoms with van der Waals surface area (Å²) >= 11 is 0. The lowest BCUT2D eigenvalue weighted by molar-refractivity contribution is 0.281. The van der Waals surface area contributed by atoms with E-state index >= 15 is 0 Å². The first kappa shape index (κ1) is 11.7. The van der Waals surface area contributed by atoms with Gasteiger partial charge >= 0.3 is 0 Å². The Morgan fingerprint density at radius 1 is 1.00 bits per heavy atom. The SMILES string of the molecule is C[C@@H](CO)Nc1ccccc1-c1ccccc1. The van der Waals surface area contributed by atoms with E-state index in [1.807, 2.05) is 43.3 Å². The molecule has 88 valence electrons. The molecule has 0 aliphatic carbocycles. The minimum Gasteiger partial charge on any atom is -0.394 e. The fraction of sp³-hybridized carbons (Fsp3) is 0.200. The molecule has 2 N–H and O–H groups in total. The van der Waals surface area contributed by atoms with E-state index in [9.17, 15) is 0 Å². The summed E-state index contributed by atoms with van der Waals surface area (Å²) in [6.07, 6.45) is 0. The largest absolute Gasteiger partial charge is 0.394 e. The molecule has 0 saturated carbocycles. The average molecular weight is 227 g/mol. The Bertz CT molecular complexity index is 467. The Hall–Kier alpha value is -1.80. The zero-order valence-electron chi connectivity index (χ0n) is 9.93. The van der Waals surface area contributed by atoms with Crippen molar-refractivity contribution in [1.29, 1.82) is 0 Å². The first-order valence-corrected chi connectivity index (χ1v) is 5.83. The highest BCUT2D eigenvalue weighted by Gasteiger charge is 2.06. The maximum atomic E-state index is 9.10. The van der Waals surface area contributed by atoms with Crippen LogP contribution in [0.3, 0.4) is 0 Å². The molecule has 0 spiro atoms. The summed E-state index contributed by atoms with van der Waals surface area (Å²) in [7, 11) is 0. The Morgan fingerprint density at radius 2 is 1.65 bits per heavy atom. The molecule has 0 radical (unpaired) electrons. The van der Waals surface area contributed by atoms with Crippen LogP contribution in [0.4, 0.5) is 5.69 Å². The first-order valence-electron chi connectivity index (χ1n) is 5.83. The topological polar surface area (TPSA) is 32.3 Å². The third-order valence-corrected chi connectivity index (χ3v) is 2.69. The van der Waals surface area contributed by atoms with E-state index in [-0.39, 0.29) is 12.6 Å². The van der Waals surface area contributed by atoms with Crippen LogP contribution in [-0.4, -0.2) is 17.8 Å². The van der Waals surface area contributed by atoms with E-state index < -0.39 is 0 Å². The molecule has 1 atom stereocenters. The molecule has 0 fully saturated rings. The second-order valence-corrected chi connectivity index (χ2v) is 4.14. The van der Waals surface area contributed by atoms with Crippen LogP contribution < -0.4 is 5.32 Å². The van der Waals surface area contributed by atoms with Crippen molar-refractivity contribution in [3.05, 3.63) is 54.6 Å². The second-order valence-electron chi connectivity index (χ2n) is 4.14. The Balaban J connectivity index is 2.34. The van der Waals surface area contributed by atoms with Crippen LogP contribution in [0.1, 0.15) is 6.92 Å². The van der Waals surface area contributed by atoms with E-state index in [0.717, 1.165) is 11.3 Å². The molecular formula is C15H17NO. The highest BCUT2D eigenvalue weighted by Crippen LogP contribution is 2.27. The zero-order chi connectivity index (χ0) is 12.1. The quantitative estimate of drug-likeness (QED) is 0.841. The van der Waals surface area contributed by atoms with Gasteiger partial charge in [0, 0.05) is 17.3 Å². The van der Waals surface area contributed by atoms with Gasteiger partial charge in [-0.1, -0.05) is 48.5 Å². The van der Waals surface area contributed by atoms with Crippen molar-refractivity contribution in [1.82, 2.24) is 0 Å². The van der Waals surface area contributed by atoms with Crippen molar-refractivity contribution in [3.63, 3.8) is 0 Å². The summed E-state index contributed by atoms with van der Waals surface area (Å²) in [6, 6.07) is 18.4. The van der Waals surface area contributed by atoms with Crippen LogP contribution in [-0.2, 0) is 0 Å². The maximum absolute atomic E-state index is 9.10. The van der Waals surface area contributed by atoms with Crippen LogP contribution in [0.2, 0.25) is 0 Å². The smallest absolute Gasteiger partial charge is 0.0630 e. The van der Waals surface area contributed by atoms with E-state index in [1.165, 1.54) is 5.56 Å². The van der Waals surface area contributed by atoms with Gasteiger partial charge in [-0.3, -0.25) is 0 Å². The van der Waals surface area contributed by atoms with E-state index in [0.29, 0.717) is 0 Å². The van der Waals surface area contributed by atoms with Crippen molar-refractivity contribution in [2.75, 3.05) is 11.9 Å². The lowest BCUT2D eigenvalue weighted by Crippen LogP contribution is -2.19. The molecule has 0 amide bonds. The van der Waals surface area contributed by atoms with Crippen LogP contribution in [0.25, 0.3) is 11.1 Å². The van der Waals surface area contributed by atoms with Crippen LogP contribution >= 0.6 is 0 Å². The molecule has 0 aliphatic heterocycles. The van der Waals surface area contributed by atoms with Gasteiger partial charge in [0.2, 0.25) is 0 Å². The summed E-state index contributed by atoms with van der Waals surface area (Å²) in [6.45, 7) is 2.09. The number of hydrogen-bond acceptors (Lipinski definition) is 2. The van der Waals surface area contributed by atoms with Crippen molar-refractivity contribution in [2.24, 2.45) is 0 Å². The van der Waals surface area contributed by atoms with Gasteiger partial charge in [0.05, 0.1) is 6.61 Å². The lowest BCUT2D eigenvalue weighted by Gasteiger charge is -2.16. The van der Waals surface area contributed by atoms with Crippen LogP contribution in [0, 0.1) is 0 Å². The normalized spacial score (nSPS) is 12.1. The van der Waals surface area contributed by atoms with Crippen molar-refractivity contribution in [2.45, 2.75) is 13.0 Å². The van der Waals surface area contributed by atoms with E-state index in [1.54, 1.807) is 0 Å². The Kier molecular flexibility index (Phi) is 3.78. The summed E-state index contributed by atoms with van der Waals surface area (Å²) in [5, 5.41) is 12.4. The summed E-state index contributed by atoms with van der Waals surface area (Å²) < 4.78 is 0. The predicted molar refractivity (Wildman–Crippen MR) is 72.0 cm³/mol. The Morgan fingerprint density at radius 3 is 2.35 bits per heavy atom. The monoisotopic (exact) mass is 227 g/mol. The first-order chi connectivity index (χ1) is 8.31. The van der Waals surface area contributed by atoms with Crippen molar-refractivity contribution < 1.29 is 5.11 Å². The number of hydrogen-bond donors (Lipinski definition) is 2. The maximum Gasteiger partial charge on any atom is 0.0630 e. The molecule has 17 heavy (non-hydrogen) atoms. The van der Waals surface area contributed by atoms with Crippen molar-refractivity contribution >= 4 is 5.69 Å². The summed E-state index contributed by atoms with van der Waals surface area (Å²) in [5.41, 5.74) is 3.40. The molecule has 2 nitrogen and oxygen atoms in total. The average Bonchev–Trinajstić information content (AvgIpc) is 2.40. The molecule has 0 heterocycles.